The maximum absolute atomic E-state index is 5.08. The third-order valence-corrected chi connectivity index (χ3v) is 1.89. The Morgan fingerprint density at radius 3 is 2.58 bits per heavy atom. The average molecular weight is 163 g/mol. The minimum absolute atomic E-state index is 0.705. The highest BCUT2D eigenvalue weighted by Gasteiger charge is 2.17. The van der Waals surface area contributed by atoms with Gasteiger partial charge in [-0.15, -0.1) is 0 Å². The summed E-state index contributed by atoms with van der Waals surface area (Å²) in [5, 5.41) is 0. The van der Waals surface area contributed by atoms with Crippen molar-refractivity contribution in [1.29, 1.82) is 0 Å². The van der Waals surface area contributed by atoms with Gasteiger partial charge in [0.05, 0.1) is 6.61 Å². The van der Waals surface area contributed by atoms with Crippen LogP contribution in [-0.4, -0.2) is 6.61 Å². The van der Waals surface area contributed by atoms with E-state index < -0.39 is 0 Å². The standard InChI is InChI=1S/C10H11O2/c1-2-5-9(6-3-1)10-7-4-8-11-12-10/h1-3,5-6H,4,7-8H2. The van der Waals surface area contributed by atoms with E-state index in [0.29, 0.717) is 6.61 Å². The molecule has 0 saturated carbocycles. The molecule has 2 rings (SSSR count). The first-order valence-corrected chi connectivity index (χ1v) is 4.17. The highest BCUT2D eigenvalue weighted by atomic mass is 17.2. The van der Waals surface area contributed by atoms with Gasteiger partial charge in [0.2, 0.25) is 0 Å². The van der Waals surface area contributed by atoms with Crippen LogP contribution in [0.5, 0.6) is 0 Å². The number of hydrogen-bond donors (Lipinski definition) is 0. The van der Waals surface area contributed by atoms with Crippen molar-refractivity contribution in [3.05, 3.63) is 42.0 Å². The Morgan fingerprint density at radius 2 is 1.92 bits per heavy atom. The minimum Gasteiger partial charge on any atom is -0.236 e. The summed E-state index contributed by atoms with van der Waals surface area (Å²) in [6.45, 7) is 0.705. The van der Waals surface area contributed by atoms with Crippen LogP contribution in [0.25, 0.3) is 0 Å². The summed E-state index contributed by atoms with van der Waals surface area (Å²) >= 11 is 0. The summed E-state index contributed by atoms with van der Waals surface area (Å²) in [4.78, 5) is 9.98. The van der Waals surface area contributed by atoms with E-state index in [1.54, 1.807) is 0 Å². The van der Waals surface area contributed by atoms with Crippen LogP contribution in [0.15, 0.2) is 30.3 Å². The summed E-state index contributed by atoms with van der Waals surface area (Å²) in [6, 6.07) is 10.1. The molecule has 0 amide bonds. The van der Waals surface area contributed by atoms with Crippen molar-refractivity contribution in [2.75, 3.05) is 6.61 Å². The summed E-state index contributed by atoms with van der Waals surface area (Å²) < 4.78 is 0. The van der Waals surface area contributed by atoms with Crippen LogP contribution in [-0.2, 0) is 9.78 Å². The van der Waals surface area contributed by atoms with Gasteiger partial charge in [-0.25, -0.2) is 9.78 Å². The second-order valence-electron chi connectivity index (χ2n) is 2.80. The predicted octanol–water partition coefficient (Wildman–Crippen LogP) is 2.31. The fraction of sp³-hybridized carbons (Fsp3) is 0.300. The minimum atomic E-state index is 0.705. The Hall–Kier alpha value is -0.860. The lowest BCUT2D eigenvalue weighted by Gasteiger charge is -2.19. The average Bonchev–Trinajstić information content (AvgIpc) is 2.21. The molecular weight excluding hydrogens is 152 g/mol. The van der Waals surface area contributed by atoms with Crippen molar-refractivity contribution in [3.8, 4) is 0 Å². The van der Waals surface area contributed by atoms with Crippen molar-refractivity contribution < 1.29 is 9.78 Å². The zero-order chi connectivity index (χ0) is 8.23. The number of rotatable bonds is 1. The monoisotopic (exact) mass is 163 g/mol. The summed E-state index contributed by atoms with van der Waals surface area (Å²) in [5.41, 5.74) is 1.12. The second-order valence-corrected chi connectivity index (χ2v) is 2.80. The first-order chi connectivity index (χ1) is 5.97. The molecule has 1 aliphatic heterocycles. The van der Waals surface area contributed by atoms with E-state index in [0.717, 1.165) is 24.5 Å². The maximum Gasteiger partial charge on any atom is 0.165 e. The van der Waals surface area contributed by atoms with Gasteiger partial charge in [0.15, 0.2) is 6.10 Å². The predicted molar refractivity (Wildman–Crippen MR) is 45.1 cm³/mol. The molecule has 0 aliphatic carbocycles. The fourth-order valence-electron chi connectivity index (χ4n) is 1.26. The van der Waals surface area contributed by atoms with Crippen LogP contribution in [0.3, 0.4) is 0 Å². The van der Waals surface area contributed by atoms with Crippen LogP contribution >= 0.6 is 0 Å². The van der Waals surface area contributed by atoms with E-state index in [4.69, 9.17) is 9.78 Å². The Labute approximate surface area is 72.0 Å². The zero-order valence-corrected chi connectivity index (χ0v) is 6.82. The van der Waals surface area contributed by atoms with Crippen LogP contribution in [0.1, 0.15) is 18.4 Å². The molecular formula is C10H11O2. The van der Waals surface area contributed by atoms with E-state index in [1.165, 1.54) is 0 Å². The molecule has 12 heavy (non-hydrogen) atoms. The van der Waals surface area contributed by atoms with Crippen molar-refractivity contribution in [2.45, 2.75) is 12.8 Å². The van der Waals surface area contributed by atoms with E-state index >= 15 is 0 Å². The highest BCUT2D eigenvalue weighted by molar-refractivity contribution is 5.26. The molecule has 0 N–H and O–H groups in total. The van der Waals surface area contributed by atoms with Gasteiger partial charge in [0.25, 0.3) is 0 Å². The van der Waals surface area contributed by atoms with Crippen molar-refractivity contribution in [2.24, 2.45) is 0 Å². The topological polar surface area (TPSA) is 18.5 Å². The lowest BCUT2D eigenvalue weighted by atomic mass is 10.1. The first-order valence-electron chi connectivity index (χ1n) is 4.17. The summed E-state index contributed by atoms with van der Waals surface area (Å²) in [7, 11) is 0. The van der Waals surface area contributed by atoms with E-state index in [-0.39, 0.29) is 0 Å². The molecule has 63 valence electrons. The van der Waals surface area contributed by atoms with Gasteiger partial charge < -0.3 is 0 Å². The summed E-state index contributed by atoms with van der Waals surface area (Å²) in [6.07, 6.45) is 2.97. The van der Waals surface area contributed by atoms with Gasteiger partial charge in [-0.3, -0.25) is 0 Å². The normalized spacial score (nSPS) is 19.3. The molecule has 1 aliphatic rings. The van der Waals surface area contributed by atoms with Crippen molar-refractivity contribution in [3.63, 3.8) is 0 Å². The third kappa shape index (κ3) is 1.65. The van der Waals surface area contributed by atoms with Gasteiger partial charge >= 0.3 is 0 Å². The van der Waals surface area contributed by atoms with Crippen LogP contribution < -0.4 is 0 Å². The lowest BCUT2D eigenvalue weighted by Crippen LogP contribution is -2.13. The van der Waals surface area contributed by atoms with E-state index in [2.05, 4.69) is 0 Å². The van der Waals surface area contributed by atoms with Crippen LogP contribution in [0.4, 0.5) is 0 Å². The molecule has 1 saturated heterocycles. The Balaban J connectivity index is 2.08. The second kappa shape index (κ2) is 3.70. The molecule has 1 aromatic carbocycles. The molecule has 1 fully saturated rings. The molecule has 1 radical (unpaired) electrons. The molecule has 2 heteroatoms. The molecule has 0 aromatic heterocycles. The number of benzene rings is 1. The molecule has 1 heterocycles. The molecule has 0 atom stereocenters. The van der Waals surface area contributed by atoms with Crippen molar-refractivity contribution in [1.82, 2.24) is 0 Å². The molecule has 1 aromatic rings. The van der Waals surface area contributed by atoms with Crippen molar-refractivity contribution >= 4 is 0 Å². The van der Waals surface area contributed by atoms with Gasteiger partial charge in [-0.2, -0.15) is 0 Å². The molecule has 2 nitrogen and oxygen atoms in total. The third-order valence-electron chi connectivity index (χ3n) is 1.89. The van der Waals surface area contributed by atoms with Crippen LogP contribution in [0.2, 0.25) is 0 Å². The first kappa shape index (κ1) is 7.77. The Morgan fingerprint density at radius 1 is 1.08 bits per heavy atom. The molecule has 0 spiro atoms. The smallest absolute Gasteiger partial charge is 0.165 e. The van der Waals surface area contributed by atoms with E-state index in [9.17, 15) is 0 Å². The van der Waals surface area contributed by atoms with E-state index in [1.807, 2.05) is 30.3 Å². The highest BCUT2D eigenvalue weighted by Crippen LogP contribution is 2.24. The van der Waals surface area contributed by atoms with Gasteiger partial charge in [0.1, 0.15) is 0 Å². The number of hydrogen-bond acceptors (Lipinski definition) is 2. The molecule has 0 unspecified atom stereocenters. The largest absolute Gasteiger partial charge is 0.236 e. The Kier molecular flexibility index (Phi) is 2.39. The quantitative estimate of drug-likeness (QED) is 0.591. The maximum atomic E-state index is 5.08. The van der Waals surface area contributed by atoms with Gasteiger partial charge in [0, 0.05) is 0 Å². The Bertz CT molecular complexity index is 227. The van der Waals surface area contributed by atoms with Gasteiger partial charge in [-0.05, 0) is 18.4 Å². The zero-order valence-electron chi connectivity index (χ0n) is 6.82. The van der Waals surface area contributed by atoms with Gasteiger partial charge in [-0.1, -0.05) is 30.3 Å². The lowest BCUT2D eigenvalue weighted by molar-refractivity contribution is -0.300. The van der Waals surface area contributed by atoms with Crippen LogP contribution in [0, 0.1) is 6.10 Å². The summed E-state index contributed by atoms with van der Waals surface area (Å²) in [5.74, 6) is 0. The molecule has 0 bridgehead atoms. The SMILES string of the molecule is c1ccc([C]2CCCOO2)cc1. The fourth-order valence-corrected chi connectivity index (χ4v) is 1.26.